The van der Waals surface area contributed by atoms with Crippen LogP contribution in [0.25, 0.3) is 0 Å². The average molecular weight is 312 g/mol. The summed E-state index contributed by atoms with van der Waals surface area (Å²) < 4.78 is 2.13. The van der Waals surface area contributed by atoms with Gasteiger partial charge in [-0.1, -0.05) is 0 Å². The van der Waals surface area contributed by atoms with Crippen LogP contribution in [-0.4, -0.2) is 45.6 Å². The highest BCUT2D eigenvalue weighted by Gasteiger charge is 2.20. The van der Waals surface area contributed by atoms with E-state index in [0.29, 0.717) is 12.5 Å². The molecular weight excluding hydrogens is 288 g/mol. The molecule has 5 nitrogen and oxygen atoms in total. The Balaban J connectivity index is 1.81. The zero-order chi connectivity index (χ0) is 16.4. The van der Waals surface area contributed by atoms with Crippen molar-refractivity contribution in [3.8, 4) is 0 Å². The third-order valence-electron chi connectivity index (χ3n) is 4.74. The molecule has 0 unspecified atom stereocenters. The lowest BCUT2D eigenvalue weighted by molar-refractivity contribution is 0.101. The van der Waals surface area contributed by atoms with Crippen molar-refractivity contribution in [2.75, 3.05) is 20.1 Å². The predicted molar refractivity (Wildman–Crippen MR) is 89.8 cm³/mol. The van der Waals surface area contributed by atoms with Crippen molar-refractivity contribution in [1.29, 1.82) is 0 Å². The van der Waals surface area contributed by atoms with Gasteiger partial charge in [-0.3, -0.25) is 14.5 Å². The summed E-state index contributed by atoms with van der Waals surface area (Å²) >= 11 is 0. The van der Waals surface area contributed by atoms with Crippen LogP contribution in [0.4, 0.5) is 0 Å². The minimum absolute atomic E-state index is 0.0859. The van der Waals surface area contributed by atoms with Crippen LogP contribution in [0.2, 0.25) is 0 Å². The number of aryl methyl sites for hydroxylation is 1. The summed E-state index contributed by atoms with van der Waals surface area (Å²) in [6.45, 7) is 5.89. The Bertz CT molecular complexity index is 699. The second kappa shape index (κ2) is 6.62. The van der Waals surface area contributed by atoms with Gasteiger partial charge in [-0.25, -0.2) is 0 Å². The molecule has 0 amide bonds. The Kier molecular flexibility index (Phi) is 4.57. The minimum Gasteiger partial charge on any atom is -0.306 e. The van der Waals surface area contributed by atoms with E-state index in [2.05, 4.69) is 27.8 Å². The van der Waals surface area contributed by atoms with Gasteiger partial charge < -0.3 is 4.90 Å². The zero-order valence-electron chi connectivity index (χ0n) is 14.1. The Morgan fingerprint density at radius 1 is 1.30 bits per heavy atom. The molecule has 0 spiro atoms. The Labute approximate surface area is 137 Å². The first kappa shape index (κ1) is 15.9. The first-order valence-corrected chi connectivity index (χ1v) is 8.21. The molecule has 1 aliphatic rings. The topological polar surface area (TPSA) is 51.0 Å². The maximum absolute atomic E-state index is 11.8. The van der Waals surface area contributed by atoms with E-state index in [-0.39, 0.29) is 5.78 Å². The second-order valence-corrected chi connectivity index (χ2v) is 6.52. The number of rotatable bonds is 4. The van der Waals surface area contributed by atoms with E-state index >= 15 is 0 Å². The number of piperidine rings is 1. The number of nitrogens with zero attached hydrogens (tertiary/aromatic N) is 4. The Hall–Kier alpha value is -2.01. The summed E-state index contributed by atoms with van der Waals surface area (Å²) in [7, 11) is 2.17. The lowest BCUT2D eigenvalue weighted by atomic mass is 10.0. The standard InChI is InChI=1S/C18H24N4O/c1-13-16(10-15-11-19-7-4-18(15)14(2)23)12-22(20-13)17-5-8-21(3)9-6-17/h4,7,11-12,17H,5-6,8-10H2,1-3H3. The van der Waals surface area contributed by atoms with E-state index in [4.69, 9.17) is 5.10 Å². The number of carbonyl (C=O) groups is 1. The SMILES string of the molecule is CC(=O)c1ccncc1Cc1cn(C2CCN(C)CC2)nc1C. The maximum atomic E-state index is 11.8. The van der Waals surface area contributed by atoms with Crippen molar-refractivity contribution >= 4 is 5.78 Å². The first-order valence-electron chi connectivity index (χ1n) is 8.21. The molecule has 3 heterocycles. The summed E-state index contributed by atoms with van der Waals surface area (Å²) in [6, 6.07) is 2.29. The largest absolute Gasteiger partial charge is 0.306 e. The highest BCUT2D eigenvalue weighted by atomic mass is 16.1. The van der Waals surface area contributed by atoms with Crippen molar-refractivity contribution < 1.29 is 4.79 Å². The van der Waals surface area contributed by atoms with Gasteiger partial charge in [0, 0.05) is 30.6 Å². The van der Waals surface area contributed by atoms with Crippen molar-refractivity contribution in [2.24, 2.45) is 0 Å². The number of ketones is 1. The highest BCUT2D eigenvalue weighted by molar-refractivity contribution is 5.95. The van der Waals surface area contributed by atoms with Gasteiger partial charge in [0.05, 0.1) is 11.7 Å². The average Bonchev–Trinajstić information content (AvgIpc) is 2.89. The molecule has 0 saturated carbocycles. The van der Waals surface area contributed by atoms with Gasteiger partial charge in [0.25, 0.3) is 0 Å². The van der Waals surface area contributed by atoms with Crippen LogP contribution < -0.4 is 0 Å². The molecule has 5 heteroatoms. The van der Waals surface area contributed by atoms with Gasteiger partial charge in [-0.2, -0.15) is 5.10 Å². The fourth-order valence-corrected chi connectivity index (χ4v) is 3.26. The molecule has 0 bridgehead atoms. The number of pyridine rings is 1. The number of Topliss-reactive ketones (excluding diaryl/α,β-unsaturated/α-hetero) is 1. The van der Waals surface area contributed by atoms with Crippen molar-refractivity contribution in [3.05, 3.63) is 47.0 Å². The zero-order valence-corrected chi connectivity index (χ0v) is 14.1. The quantitative estimate of drug-likeness (QED) is 0.815. The number of hydrogen-bond acceptors (Lipinski definition) is 4. The van der Waals surface area contributed by atoms with Crippen LogP contribution >= 0.6 is 0 Å². The molecule has 1 saturated heterocycles. The molecule has 0 N–H and O–H groups in total. The van der Waals surface area contributed by atoms with Gasteiger partial charge in [0.15, 0.2) is 5.78 Å². The van der Waals surface area contributed by atoms with Crippen LogP contribution in [0.1, 0.15) is 53.0 Å². The van der Waals surface area contributed by atoms with E-state index in [1.807, 2.05) is 6.92 Å². The fourth-order valence-electron chi connectivity index (χ4n) is 3.26. The third-order valence-corrected chi connectivity index (χ3v) is 4.74. The summed E-state index contributed by atoms with van der Waals surface area (Å²) in [5, 5.41) is 4.72. The fraction of sp³-hybridized carbons (Fsp3) is 0.500. The van der Waals surface area contributed by atoms with Crippen LogP contribution in [0.5, 0.6) is 0 Å². The first-order chi connectivity index (χ1) is 11.0. The van der Waals surface area contributed by atoms with E-state index < -0.39 is 0 Å². The third kappa shape index (κ3) is 3.50. The molecule has 0 aromatic carbocycles. The van der Waals surface area contributed by atoms with Gasteiger partial charge in [0.1, 0.15) is 0 Å². The van der Waals surface area contributed by atoms with Crippen molar-refractivity contribution in [2.45, 2.75) is 39.2 Å². The molecule has 3 rings (SSSR count). The van der Waals surface area contributed by atoms with Crippen LogP contribution in [0.15, 0.2) is 24.7 Å². The van der Waals surface area contributed by atoms with Crippen molar-refractivity contribution in [3.63, 3.8) is 0 Å². The summed E-state index contributed by atoms with van der Waals surface area (Å²) in [6.07, 6.45) is 8.62. The molecule has 1 aliphatic heterocycles. The highest BCUT2D eigenvalue weighted by Crippen LogP contribution is 2.24. The van der Waals surface area contributed by atoms with Gasteiger partial charge in [-0.15, -0.1) is 0 Å². The monoisotopic (exact) mass is 312 g/mol. The van der Waals surface area contributed by atoms with Crippen LogP contribution in [-0.2, 0) is 6.42 Å². The lowest BCUT2D eigenvalue weighted by Gasteiger charge is -2.29. The number of carbonyl (C=O) groups excluding carboxylic acids is 1. The molecule has 122 valence electrons. The minimum atomic E-state index is 0.0859. The normalized spacial score (nSPS) is 16.7. The van der Waals surface area contributed by atoms with Crippen LogP contribution in [0, 0.1) is 6.92 Å². The molecule has 2 aromatic rings. The second-order valence-electron chi connectivity index (χ2n) is 6.52. The predicted octanol–water partition coefficient (Wildman–Crippen LogP) is 2.65. The maximum Gasteiger partial charge on any atom is 0.160 e. The lowest BCUT2D eigenvalue weighted by Crippen LogP contribution is -2.31. The van der Waals surface area contributed by atoms with E-state index in [0.717, 1.165) is 42.8 Å². The van der Waals surface area contributed by atoms with Crippen LogP contribution in [0.3, 0.4) is 0 Å². The number of hydrogen-bond donors (Lipinski definition) is 0. The Morgan fingerprint density at radius 3 is 2.74 bits per heavy atom. The van der Waals surface area contributed by atoms with E-state index in [1.54, 1.807) is 25.4 Å². The van der Waals surface area contributed by atoms with Gasteiger partial charge in [0.2, 0.25) is 0 Å². The Morgan fingerprint density at radius 2 is 2.04 bits per heavy atom. The van der Waals surface area contributed by atoms with Crippen molar-refractivity contribution in [1.82, 2.24) is 19.7 Å². The molecule has 0 atom stereocenters. The molecule has 0 aliphatic carbocycles. The smallest absolute Gasteiger partial charge is 0.160 e. The summed E-state index contributed by atoms with van der Waals surface area (Å²) in [5.41, 5.74) is 3.96. The summed E-state index contributed by atoms with van der Waals surface area (Å²) in [4.78, 5) is 18.3. The van der Waals surface area contributed by atoms with Gasteiger partial charge >= 0.3 is 0 Å². The molecular formula is C18H24N4O. The summed E-state index contributed by atoms with van der Waals surface area (Å²) in [5.74, 6) is 0.0859. The van der Waals surface area contributed by atoms with E-state index in [9.17, 15) is 4.79 Å². The van der Waals surface area contributed by atoms with Gasteiger partial charge in [-0.05, 0) is 64.0 Å². The molecule has 2 aromatic heterocycles. The number of aromatic nitrogens is 3. The molecule has 23 heavy (non-hydrogen) atoms. The molecule has 0 radical (unpaired) electrons. The number of likely N-dealkylation sites (tertiary alicyclic amines) is 1. The molecule has 1 fully saturated rings. The van der Waals surface area contributed by atoms with E-state index in [1.165, 1.54) is 5.56 Å².